The number of unbranched alkanes of at least 4 members (excludes halogenated alkanes) is 13. The third kappa shape index (κ3) is 13.4. The zero-order chi connectivity index (χ0) is 23.3. The summed E-state index contributed by atoms with van der Waals surface area (Å²) in [7, 11) is 0. The van der Waals surface area contributed by atoms with Crippen molar-refractivity contribution in [3.63, 3.8) is 0 Å². The second-order valence-corrected chi connectivity index (χ2v) is 9.82. The maximum absolute atomic E-state index is 11.2. The van der Waals surface area contributed by atoms with Crippen LogP contribution in [-0.4, -0.2) is 48.9 Å². The lowest BCUT2D eigenvalue weighted by molar-refractivity contribution is -0.935. The summed E-state index contributed by atoms with van der Waals surface area (Å²) in [6.07, 6.45) is 28.9. The minimum absolute atomic E-state index is 0.0708. The van der Waals surface area contributed by atoms with Crippen molar-refractivity contribution in [3.8, 4) is 0 Å². The molecule has 0 fully saturated rings. The number of nitrogens with one attached hydrogen (secondary N) is 1. The number of allylic oxidation sites excluding steroid dienone is 2. The summed E-state index contributed by atoms with van der Waals surface area (Å²) in [6.45, 7) is 10.0. The molecule has 2 atom stereocenters. The van der Waals surface area contributed by atoms with E-state index < -0.39 is 0 Å². The summed E-state index contributed by atoms with van der Waals surface area (Å²) in [5.41, 5.74) is 0. The van der Waals surface area contributed by atoms with Crippen molar-refractivity contribution >= 4 is 12.1 Å². The Balaban J connectivity index is 1.94. The topological polar surface area (TPSA) is 41.5 Å². The van der Waals surface area contributed by atoms with Crippen LogP contribution in [0.5, 0.6) is 0 Å². The highest BCUT2D eigenvalue weighted by molar-refractivity contribution is 5.72. The highest BCUT2D eigenvalue weighted by atomic mass is 16.1. The second kappa shape index (κ2) is 19.3. The summed E-state index contributed by atoms with van der Waals surface area (Å²) in [6, 6.07) is 0. The van der Waals surface area contributed by atoms with Gasteiger partial charge in [-0.05, 0) is 32.6 Å². The molecule has 0 spiro atoms. The van der Waals surface area contributed by atoms with Crippen LogP contribution < -0.4 is 5.32 Å². The summed E-state index contributed by atoms with van der Waals surface area (Å²) >= 11 is 0. The zero-order valence-electron chi connectivity index (χ0n) is 21.8. The fourth-order valence-corrected chi connectivity index (χ4v) is 4.87. The van der Waals surface area contributed by atoms with Gasteiger partial charge in [-0.3, -0.25) is 9.28 Å². The van der Waals surface area contributed by atoms with Crippen molar-refractivity contribution in [1.29, 1.82) is 0 Å². The lowest BCUT2D eigenvalue weighted by atomic mass is 10.0. The van der Waals surface area contributed by atoms with Gasteiger partial charge in [-0.15, -0.1) is 0 Å². The Kier molecular flexibility index (Phi) is 17.4. The molecule has 0 aliphatic carbocycles. The molecule has 186 valence electrons. The van der Waals surface area contributed by atoms with Gasteiger partial charge in [-0.1, -0.05) is 89.7 Å². The van der Waals surface area contributed by atoms with Crippen molar-refractivity contribution < 1.29 is 9.28 Å². The number of carbonyl (C=O) groups is 1. The molecule has 4 nitrogen and oxygen atoms in total. The van der Waals surface area contributed by atoms with Crippen molar-refractivity contribution in [2.24, 2.45) is 4.99 Å². The highest BCUT2D eigenvalue weighted by Crippen LogP contribution is 2.24. The van der Waals surface area contributed by atoms with Gasteiger partial charge in [0.1, 0.15) is 6.54 Å². The Hall–Kier alpha value is -1.16. The summed E-state index contributed by atoms with van der Waals surface area (Å²) in [5.74, 6) is 0.0708. The molecule has 0 aromatic carbocycles. The number of aliphatic imine (C=N–C) groups is 1. The first-order chi connectivity index (χ1) is 15.6. The molecule has 0 aromatic rings. The molecule has 1 rings (SSSR count). The van der Waals surface area contributed by atoms with Crippen LogP contribution in [0.1, 0.15) is 124 Å². The number of amides is 1. The fourth-order valence-electron chi connectivity index (χ4n) is 4.87. The molecule has 0 bridgehead atoms. The Labute approximate surface area is 199 Å². The molecule has 1 heterocycles. The molecular weight excluding hydrogens is 394 g/mol. The van der Waals surface area contributed by atoms with E-state index in [1.165, 1.54) is 103 Å². The van der Waals surface area contributed by atoms with E-state index in [2.05, 4.69) is 37.5 Å². The van der Waals surface area contributed by atoms with E-state index in [9.17, 15) is 4.79 Å². The maximum Gasteiger partial charge on any atom is 0.217 e. The quantitative estimate of drug-likeness (QED) is 0.113. The molecular formula is C28H54N3O+. The number of carbonyl (C=O) groups excluding carboxylic acids is 1. The fraction of sp³-hybridized carbons (Fsp3) is 0.857. The van der Waals surface area contributed by atoms with E-state index in [0.717, 1.165) is 30.7 Å². The molecule has 1 aliphatic heterocycles. The SMILES string of the molecule is CCCC/C=C/CCCCCCCCCCCCCC1N=CC[N+]1(CC)CCNC(C)=O. The third-order valence-electron chi connectivity index (χ3n) is 7.14. The van der Waals surface area contributed by atoms with Gasteiger partial charge in [0.05, 0.1) is 25.8 Å². The second-order valence-electron chi connectivity index (χ2n) is 9.82. The molecule has 0 radical (unpaired) electrons. The van der Waals surface area contributed by atoms with Crippen molar-refractivity contribution in [3.05, 3.63) is 12.2 Å². The predicted octanol–water partition coefficient (Wildman–Crippen LogP) is 7.19. The van der Waals surface area contributed by atoms with Gasteiger partial charge < -0.3 is 5.32 Å². The van der Waals surface area contributed by atoms with Gasteiger partial charge in [-0.25, -0.2) is 4.99 Å². The first-order valence-corrected chi connectivity index (χ1v) is 13.9. The van der Waals surface area contributed by atoms with Crippen LogP contribution in [0.4, 0.5) is 0 Å². The van der Waals surface area contributed by atoms with Gasteiger partial charge in [0.2, 0.25) is 5.91 Å². The monoisotopic (exact) mass is 448 g/mol. The normalized spacial score (nSPS) is 20.4. The van der Waals surface area contributed by atoms with Crippen LogP contribution in [0.25, 0.3) is 0 Å². The number of quaternary nitrogens is 1. The highest BCUT2D eigenvalue weighted by Gasteiger charge is 2.37. The molecule has 1 N–H and O–H groups in total. The number of hydrogen-bond donors (Lipinski definition) is 1. The van der Waals surface area contributed by atoms with Gasteiger partial charge in [-0.2, -0.15) is 0 Å². The van der Waals surface area contributed by atoms with Crippen molar-refractivity contribution in [1.82, 2.24) is 5.32 Å². The van der Waals surface area contributed by atoms with Crippen LogP contribution in [0, 0.1) is 0 Å². The average Bonchev–Trinajstić information content (AvgIpc) is 3.18. The smallest absolute Gasteiger partial charge is 0.217 e. The zero-order valence-corrected chi connectivity index (χ0v) is 21.8. The largest absolute Gasteiger partial charge is 0.351 e. The lowest BCUT2D eigenvalue weighted by Gasteiger charge is -2.38. The van der Waals surface area contributed by atoms with Crippen LogP contribution in [0.2, 0.25) is 0 Å². The van der Waals surface area contributed by atoms with Gasteiger partial charge in [0, 0.05) is 13.3 Å². The van der Waals surface area contributed by atoms with E-state index in [-0.39, 0.29) is 5.91 Å². The molecule has 1 aliphatic rings. The van der Waals surface area contributed by atoms with Crippen LogP contribution >= 0.6 is 0 Å². The molecule has 0 aromatic heterocycles. The summed E-state index contributed by atoms with van der Waals surface area (Å²) < 4.78 is 1.02. The molecule has 0 saturated heterocycles. The minimum Gasteiger partial charge on any atom is -0.351 e. The Morgan fingerprint density at radius 1 is 0.906 bits per heavy atom. The Morgan fingerprint density at radius 2 is 1.47 bits per heavy atom. The summed E-state index contributed by atoms with van der Waals surface area (Å²) in [5, 5.41) is 2.97. The number of likely N-dealkylation sites (N-methyl/N-ethyl adjacent to an activating group) is 1. The number of hydrogen-bond acceptors (Lipinski definition) is 2. The average molecular weight is 449 g/mol. The van der Waals surface area contributed by atoms with E-state index in [0.29, 0.717) is 6.17 Å². The third-order valence-corrected chi connectivity index (χ3v) is 7.14. The van der Waals surface area contributed by atoms with Crippen molar-refractivity contribution in [2.75, 3.05) is 26.2 Å². The molecule has 32 heavy (non-hydrogen) atoms. The standard InChI is InChI=1S/C28H53N3O/c1-4-6-7-8-9-10-11-12-13-14-15-16-17-18-19-20-21-22-28-30-24-26-31(28,5-2)25-23-29-27(3)32/h8-9,24,28H,4-7,10-23,25-26H2,1-3H3/p+1/b9-8+. The van der Waals surface area contributed by atoms with E-state index in [1.54, 1.807) is 6.92 Å². The van der Waals surface area contributed by atoms with Crippen LogP contribution in [0.15, 0.2) is 17.1 Å². The van der Waals surface area contributed by atoms with Crippen LogP contribution in [-0.2, 0) is 4.79 Å². The summed E-state index contributed by atoms with van der Waals surface area (Å²) in [4.78, 5) is 16.0. The van der Waals surface area contributed by atoms with Gasteiger partial charge >= 0.3 is 0 Å². The van der Waals surface area contributed by atoms with Gasteiger partial charge in [0.25, 0.3) is 0 Å². The van der Waals surface area contributed by atoms with Crippen LogP contribution in [0.3, 0.4) is 0 Å². The van der Waals surface area contributed by atoms with Gasteiger partial charge in [0.15, 0.2) is 6.17 Å². The first kappa shape index (κ1) is 28.9. The van der Waals surface area contributed by atoms with E-state index in [4.69, 9.17) is 4.99 Å². The predicted molar refractivity (Wildman–Crippen MR) is 140 cm³/mol. The Bertz CT molecular complexity index is 517. The number of rotatable bonds is 21. The maximum atomic E-state index is 11.2. The number of nitrogens with zero attached hydrogens (tertiary/aromatic N) is 2. The molecule has 4 heteroatoms. The minimum atomic E-state index is 0.0708. The van der Waals surface area contributed by atoms with E-state index in [1.807, 2.05) is 0 Å². The first-order valence-electron chi connectivity index (χ1n) is 13.9. The molecule has 2 unspecified atom stereocenters. The molecule has 1 amide bonds. The molecule has 0 saturated carbocycles. The van der Waals surface area contributed by atoms with Crippen molar-refractivity contribution in [2.45, 2.75) is 130 Å². The Morgan fingerprint density at radius 3 is 2.03 bits per heavy atom. The van der Waals surface area contributed by atoms with E-state index >= 15 is 0 Å². The lowest BCUT2D eigenvalue weighted by Crippen LogP contribution is -2.55.